The zero-order valence-electron chi connectivity index (χ0n) is 9.91. The second-order valence-electron chi connectivity index (χ2n) is 4.76. The molecule has 0 fully saturated rings. The Bertz CT molecular complexity index is 564. The summed E-state index contributed by atoms with van der Waals surface area (Å²) >= 11 is 0. The van der Waals surface area contributed by atoms with Gasteiger partial charge in [0.15, 0.2) is 0 Å². The maximum absolute atomic E-state index is 13.4. The number of fused-ring (bicyclic) bond motifs is 1. The van der Waals surface area contributed by atoms with Crippen molar-refractivity contribution < 1.29 is 18.3 Å². The smallest absolute Gasteiger partial charge is 0.374 e. The van der Waals surface area contributed by atoms with Crippen LogP contribution in [0.3, 0.4) is 0 Å². The first-order valence-electron chi connectivity index (χ1n) is 5.28. The maximum Gasteiger partial charge on any atom is 0.374 e. The van der Waals surface area contributed by atoms with E-state index in [4.69, 9.17) is 9.15 Å². The monoisotopic (exact) mass is 236 g/mol. The molecule has 0 aliphatic heterocycles. The molecule has 0 radical (unpaired) electrons. The highest BCUT2D eigenvalue weighted by atomic mass is 19.1. The molecule has 0 aliphatic carbocycles. The van der Waals surface area contributed by atoms with Crippen molar-refractivity contribution in [3.05, 3.63) is 35.8 Å². The molecule has 1 heterocycles. The van der Waals surface area contributed by atoms with Crippen LogP contribution in [0.4, 0.5) is 4.39 Å². The number of benzene rings is 1. The predicted octanol–water partition coefficient (Wildman–Crippen LogP) is 3.53. The fourth-order valence-electron chi connectivity index (χ4n) is 1.45. The van der Waals surface area contributed by atoms with E-state index in [1.807, 2.05) is 0 Å². The zero-order chi connectivity index (χ0) is 12.6. The van der Waals surface area contributed by atoms with Crippen LogP contribution in [0.1, 0.15) is 31.3 Å². The molecule has 2 aromatic rings. The Morgan fingerprint density at radius 3 is 2.65 bits per heavy atom. The third-order valence-electron chi connectivity index (χ3n) is 2.11. The van der Waals surface area contributed by atoms with Crippen molar-refractivity contribution in [2.75, 3.05) is 0 Å². The molecule has 0 unspecified atom stereocenters. The normalized spacial score (nSPS) is 11.8. The number of carbonyl (C=O) groups excluding carboxylic acids is 1. The fourth-order valence-corrected chi connectivity index (χ4v) is 1.45. The average molecular weight is 236 g/mol. The van der Waals surface area contributed by atoms with Crippen LogP contribution in [0.2, 0.25) is 0 Å². The van der Waals surface area contributed by atoms with Gasteiger partial charge in [-0.15, -0.1) is 0 Å². The molecule has 2 rings (SSSR count). The zero-order valence-corrected chi connectivity index (χ0v) is 9.91. The molecular formula is C13H13FO3. The molecule has 0 amide bonds. The number of ether oxygens (including phenoxy) is 1. The highest BCUT2D eigenvalue weighted by Crippen LogP contribution is 2.23. The minimum absolute atomic E-state index is 0.0139. The highest BCUT2D eigenvalue weighted by Gasteiger charge is 2.21. The first-order chi connectivity index (χ1) is 7.87. The number of furan rings is 1. The summed E-state index contributed by atoms with van der Waals surface area (Å²) < 4.78 is 23.8. The number of hydrogen-bond donors (Lipinski definition) is 0. The summed E-state index contributed by atoms with van der Waals surface area (Å²) in [7, 11) is 0. The van der Waals surface area contributed by atoms with Gasteiger partial charge < -0.3 is 9.15 Å². The minimum atomic E-state index is -0.603. The van der Waals surface area contributed by atoms with Crippen molar-refractivity contribution in [2.24, 2.45) is 0 Å². The summed E-state index contributed by atoms with van der Waals surface area (Å²) in [5, 5.41) is 0.286. The molecule has 17 heavy (non-hydrogen) atoms. The second-order valence-corrected chi connectivity index (χ2v) is 4.76. The van der Waals surface area contributed by atoms with Crippen LogP contribution in [0.25, 0.3) is 11.0 Å². The topological polar surface area (TPSA) is 39.4 Å². The van der Waals surface area contributed by atoms with Gasteiger partial charge in [0.05, 0.1) is 5.39 Å². The van der Waals surface area contributed by atoms with E-state index in [0.29, 0.717) is 5.58 Å². The molecule has 0 spiro atoms. The van der Waals surface area contributed by atoms with Crippen molar-refractivity contribution in [2.45, 2.75) is 26.4 Å². The summed E-state index contributed by atoms with van der Waals surface area (Å²) in [6.07, 6.45) is 0. The maximum atomic E-state index is 13.4. The summed E-state index contributed by atoms with van der Waals surface area (Å²) in [5.41, 5.74) is -0.264. The quantitative estimate of drug-likeness (QED) is 0.711. The summed E-state index contributed by atoms with van der Waals surface area (Å²) in [6.45, 7) is 5.27. The van der Waals surface area contributed by atoms with Gasteiger partial charge in [-0.25, -0.2) is 9.18 Å². The Labute approximate surface area is 98.2 Å². The van der Waals surface area contributed by atoms with Crippen LogP contribution in [0, 0.1) is 5.82 Å². The van der Waals surface area contributed by atoms with E-state index < -0.39 is 17.4 Å². The largest absolute Gasteiger partial charge is 0.454 e. The third kappa shape index (κ3) is 2.46. The molecule has 0 saturated heterocycles. The lowest BCUT2D eigenvalue weighted by Crippen LogP contribution is -2.23. The molecule has 3 nitrogen and oxygen atoms in total. The van der Waals surface area contributed by atoms with E-state index in [2.05, 4.69) is 0 Å². The molecule has 90 valence electrons. The van der Waals surface area contributed by atoms with Crippen LogP contribution < -0.4 is 0 Å². The van der Waals surface area contributed by atoms with Crippen molar-refractivity contribution >= 4 is 16.9 Å². The van der Waals surface area contributed by atoms with E-state index in [9.17, 15) is 9.18 Å². The van der Waals surface area contributed by atoms with Crippen LogP contribution in [-0.4, -0.2) is 11.6 Å². The standard InChI is InChI=1S/C13H13FO3/c1-13(2,3)17-12(15)11-7-8-9(14)5-4-6-10(8)16-11/h4-7H,1-3H3. The molecule has 0 saturated carbocycles. The molecule has 4 heteroatoms. The summed E-state index contributed by atoms with van der Waals surface area (Å²) in [4.78, 5) is 11.7. The Kier molecular flexibility index (Phi) is 2.65. The van der Waals surface area contributed by atoms with E-state index in [1.54, 1.807) is 26.8 Å². The van der Waals surface area contributed by atoms with Crippen molar-refractivity contribution in [1.82, 2.24) is 0 Å². The first kappa shape index (κ1) is 11.6. The van der Waals surface area contributed by atoms with Crippen molar-refractivity contribution in [1.29, 1.82) is 0 Å². The first-order valence-corrected chi connectivity index (χ1v) is 5.28. The molecule has 0 aliphatic rings. The van der Waals surface area contributed by atoms with E-state index in [-0.39, 0.29) is 11.1 Å². The molecule has 0 bridgehead atoms. The van der Waals surface area contributed by atoms with Crippen LogP contribution in [0.5, 0.6) is 0 Å². The lowest BCUT2D eigenvalue weighted by atomic mass is 10.2. The molecule has 1 aromatic carbocycles. The van der Waals surface area contributed by atoms with Crippen molar-refractivity contribution in [3.8, 4) is 0 Å². The number of esters is 1. The summed E-state index contributed by atoms with van der Waals surface area (Å²) in [5.74, 6) is -0.991. The predicted molar refractivity (Wildman–Crippen MR) is 61.3 cm³/mol. The fraction of sp³-hybridized carbons (Fsp3) is 0.308. The Morgan fingerprint density at radius 2 is 2.06 bits per heavy atom. The van der Waals surface area contributed by atoms with Gasteiger partial charge in [0.25, 0.3) is 0 Å². The SMILES string of the molecule is CC(C)(C)OC(=O)c1cc2c(F)cccc2o1. The minimum Gasteiger partial charge on any atom is -0.454 e. The van der Waals surface area contributed by atoms with E-state index >= 15 is 0 Å². The van der Waals surface area contributed by atoms with Crippen molar-refractivity contribution in [3.63, 3.8) is 0 Å². The molecule has 0 N–H and O–H groups in total. The van der Waals surface area contributed by atoms with Crippen LogP contribution in [0.15, 0.2) is 28.7 Å². The average Bonchev–Trinajstić information content (AvgIpc) is 2.60. The Balaban J connectivity index is 2.37. The van der Waals surface area contributed by atoms with Crippen LogP contribution in [-0.2, 0) is 4.74 Å². The van der Waals surface area contributed by atoms with E-state index in [0.717, 1.165) is 0 Å². The van der Waals surface area contributed by atoms with Gasteiger partial charge in [0.2, 0.25) is 5.76 Å². The van der Waals surface area contributed by atoms with Gasteiger partial charge in [-0.05, 0) is 32.9 Å². The number of carbonyl (C=O) groups is 1. The molecule has 0 atom stereocenters. The van der Waals surface area contributed by atoms with Gasteiger partial charge in [0, 0.05) is 6.07 Å². The summed E-state index contributed by atoms with van der Waals surface area (Å²) in [6, 6.07) is 5.81. The van der Waals surface area contributed by atoms with E-state index in [1.165, 1.54) is 18.2 Å². The number of halogens is 1. The molecular weight excluding hydrogens is 223 g/mol. The van der Waals surface area contributed by atoms with Gasteiger partial charge in [-0.1, -0.05) is 6.07 Å². The van der Waals surface area contributed by atoms with Gasteiger partial charge in [-0.2, -0.15) is 0 Å². The van der Waals surface area contributed by atoms with Gasteiger partial charge in [0.1, 0.15) is 17.0 Å². The highest BCUT2D eigenvalue weighted by molar-refractivity contribution is 5.92. The molecule has 1 aromatic heterocycles. The Morgan fingerprint density at radius 1 is 1.35 bits per heavy atom. The second kappa shape index (κ2) is 3.87. The lowest BCUT2D eigenvalue weighted by molar-refractivity contribution is 0.00382. The third-order valence-corrected chi connectivity index (χ3v) is 2.11. The number of hydrogen-bond acceptors (Lipinski definition) is 3. The van der Waals surface area contributed by atoms with Gasteiger partial charge in [-0.3, -0.25) is 0 Å². The van der Waals surface area contributed by atoms with Gasteiger partial charge >= 0.3 is 5.97 Å². The Hall–Kier alpha value is -1.84. The van der Waals surface area contributed by atoms with Crippen LogP contribution >= 0.6 is 0 Å². The number of rotatable bonds is 1. The lowest BCUT2D eigenvalue weighted by Gasteiger charge is -2.18.